The van der Waals surface area contributed by atoms with E-state index >= 15 is 0 Å². The van der Waals surface area contributed by atoms with Gasteiger partial charge in [-0.05, 0) is 140 Å². The van der Waals surface area contributed by atoms with Crippen LogP contribution in [-0.2, 0) is 0 Å². The summed E-state index contributed by atoms with van der Waals surface area (Å²) in [6, 6.07) is 0. The van der Waals surface area contributed by atoms with Crippen molar-refractivity contribution in [1.82, 2.24) is 9.80 Å². The highest BCUT2D eigenvalue weighted by atomic mass is 15.1. The molecule has 6 aliphatic rings. The van der Waals surface area contributed by atoms with E-state index in [-0.39, 0.29) is 0 Å². The largest absolute Gasteiger partial charge is 0.303 e. The van der Waals surface area contributed by atoms with Gasteiger partial charge in [-0.2, -0.15) is 0 Å². The van der Waals surface area contributed by atoms with Crippen molar-refractivity contribution in [3.63, 3.8) is 0 Å². The summed E-state index contributed by atoms with van der Waals surface area (Å²) in [5, 5.41) is 0. The Morgan fingerprint density at radius 3 is 1.32 bits per heavy atom. The highest BCUT2D eigenvalue weighted by molar-refractivity contribution is 4.92. The minimum Gasteiger partial charge on any atom is -0.303 e. The van der Waals surface area contributed by atoms with E-state index in [1.165, 1.54) is 155 Å². The fraction of sp³-hybridized carbons (Fsp3) is 0.875. The van der Waals surface area contributed by atoms with Crippen LogP contribution >= 0.6 is 0 Å². The molecule has 2 fully saturated rings. The predicted octanol–water partition coefficient (Wildman–Crippen LogP) is 8.24. The molecule has 0 spiro atoms. The number of fused-ring (bicyclic) bond motifs is 20. The normalized spacial score (nSPS) is 37.9. The summed E-state index contributed by atoms with van der Waals surface area (Å²) in [7, 11) is 0. The Hall–Kier alpha value is -0.600. The molecule has 6 heterocycles. The van der Waals surface area contributed by atoms with Crippen LogP contribution in [0.4, 0.5) is 0 Å². The molecule has 6 bridgehead atoms. The van der Waals surface area contributed by atoms with Crippen LogP contribution in [0.2, 0.25) is 0 Å². The monoisotopic (exact) mass is 468 g/mol. The molecular weight excluding hydrogens is 412 g/mol. The molecule has 6 rings (SSSR count). The van der Waals surface area contributed by atoms with Crippen LogP contribution < -0.4 is 0 Å². The quantitative estimate of drug-likeness (QED) is 0.330. The number of rotatable bonds is 0. The Morgan fingerprint density at radius 1 is 0.382 bits per heavy atom. The van der Waals surface area contributed by atoms with Crippen molar-refractivity contribution in [2.75, 3.05) is 39.3 Å². The second-order valence-corrected chi connectivity index (χ2v) is 12.2. The van der Waals surface area contributed by atoms with E-state index in [9.17, 15) is 0 Å². The number of hydrogen-bond acceptors (Lipinski definition) is 2. The second kappa shape index (κ2) is 15.5. The zero-order valence-electron chi connectivity index (χ0n) is 22.5. The van der Waals surface area contributed by atoms with Crippen molar-refractivity contribution in [3.8, 4) is 0 Å². The van der Waals surface area contributed by atoms with Crippen molar-refractivity contribution >= 4 is 0 Å². The number of allylic oxidation sites excluding steroid dienone is 4. The molecule has 34 heavy (non-hydrogen) atoms. The van der Waals surface area contributed by atoms with E-state index < -0.39 is 0 Å². The minimum absolute atomic E-state index is 0.962. The summed E-state index contributed by atoms with van der Waals surface area (Å²) < 4.78 is 0. The third-order valence-electron chi connectivity index (χ3n) is 9.72. The topological polar surface area (TPSA) is 6.48 Å². The first kappa shape index (κ1) is 26.5. The average molecular weight is 469 g/mol. The lowest BCUT2D eigenvalue weighted by molar-refractivity contribution is 0.00754. The van der Waals surface area contributed by atoms with Crippen LogP contribution in [0, 0.1) is 23.7 Å². The molecule has 0 aromatic heterocycles. The van der Waals surface area contributed by atoms with Gasteiger partial charge in [-0.3, -0.25) is 0 Å². The van der Waals surface area contributed by atoms with Gasteiger partial charge in [0.05, 0.1) is 0 Å². The molecule has 2 heteroatoms. The third-order valence-corrected chi connectivity index (χ3v) is 9.72. The Bertz CT molecular complexity index is 596. The lowest BCUT2D eigenvalue weighted by Crippen LogP contribution is -2.49. The van der Waals surface area contributed by atoms with Crippen molar-refractivity contribution < 1.29 is 0 Å². The molecule has 0 amide bonds. The minimum atomic E-state index is 0.962. The molecule has 0 N–H and O–H groups in total. The molecule has 0 radical (unpaired) electrons. The van der Waals surface area contributed by atoms with Gasteiger partial charge in [-0.15, -0.1) is 0 Å². The Labute approximate surface area is 212 Å². The average Bonchev–Trinajstić information content (AvgIpc) is 2.85. The Kier molecular flexibility index (Phi) is 12.1. The summed E-state index contributed by atoms with van der Waals surface area (Å²) in [6.45, 7) is 8.29. The molecule has 194 valence electrons. The molecule has 0 saturated carbocycles. The van der Waals surface area contributed by atoms with E-state index in [2.05, 4.69) is 34.1 Å². The van der Waals surface area contributed by atoms with Crippen LogP contribution in [0.3, 0.4) is 0 Å². The van der Waals surface area contributed by atoms with E-state index in [4.69, 9.17) is 0 Å². The Morgan fingerprint density at radius 2 is 0.794 bits per heavy atom. The Balaban J connectivity index is 1.47. The second-order valence-electron chi connectivity index (χ2n) is 12.2. The van der Waals surface area contributed by atoms with Crippen LogP contribution in [0.25, 0.3) is 0 Å². The first-order chi connectivity index (χ1) is 16.9. The summed E-state index contributed by atoms with van der Waals surface area (Å²) in [5.74, 6) is 3.95. The molecule has 6 aliphatic heterocycles. The van der Waals surface area contributed by atoms with E-state index in [0.29, 0.717) is 0 Å². The third kappa shape index (κ3) is 8.81. The molecular formula is C32H56N2. The fourth-order valence-electron chi connectivity index (χ4n) is 7.75. The van der Waals surface area contributed by atoms with E-state index in [1.54, 1.807) is 0 Å². The van der Waals surface area contributed by atoms with Crippen LogP contribution in [0.15, 0.2) is 24.3 Å². The van der Waals surface area contributed by atoms with Gasteiger partial charge in [-0.25, -0.2) is 0 Å². The summed E-state index contributed by atoms with van der Waals surface area (Å²) >= 11 is 0. The highest BCUT2D eigenvalue weighted by Crippen LogP contribution is 2.42. The number of piperidine rings is 2. The lowest BCUT2D eigenvalue weighted by Gasteiger charge is -2.48. The zero-order valence-corrected chi connectivity index (χ0v) is 22.5. The van der Waals surface area contributed by atoms with Gasteiger partial charge in [0.25, 0.3) is 0 Å². The van der Waals surface area contributed by atoms with Crippen molar-refractivity contribution in [2.45, 2.75) is 116 Å². The maximum atomic E-state index is 2.87. The fourth-order valence-corrected chi connectivity index (χ4v) is 7.75. The van der Waals surface area contributed by atoms with Gasteiger partial charge >= 0.3 is 0 Å². The summed E-state index contributed by atoms with van der Waals surface area (Å²) in [4.78, 5) is 5.74. The SMILES string of the molecule is C1=CCCCCN2CCC3C(CCCCC=CCCCCN4CCC3C(CCCCCC1)C4)C2. The van der Waals surface area contributed by atoms with Gasteiger partial charge in [0.15, 0.2) is 0 Å². The van der Waals surface area contributed by atoms with Crippen molar-refractivity contribution in [1.29, 1.82) is 0 Å². The summed E-state index contributed by atoms with van der Waals surface area (Å²) in [6.07, 6.45) is 35.3. The van der Waals surface area contributed by atoms with Crippen molar-refractivity contribution in [2.24, 2.45) is 23.7 Å². The van der Waals surface area contributed by atoms with Crippen LogP contribution in [-0.4, -0.2) is 49.1 Å². The maximum Gasteiger partial charge on any atom is 0.00124 e. The van der Waals surface area contributed by atoms with E-state index in [1.807, 2.05) is 0 Å². The molecule has 0 aromatic rings. The maximum absolute atomic E-state index is 2.87. The highest BCUT2D eigenvalue weighted by Gasteiger charge is 2.39. The molecule has 0 aromatic carbocycles. The lowest BCUT2D eigenvalue weighted by atomic mass is 9.66. The molecule has 6 unspecified atom stereocenters. The predicted molar refractivity (Wildman–Crippen MR) is 148 cm³/mol. The van der Waals surface area contributed by atoms with Gasteiger partial charge in [0.2, 0.25) is 0 Å². The molecule has 2 nitrogen and oxygen atoms in total. The van der Waals surface area contributed by atoms with Gasteiger partial charge < -0.3 is 9.80 Å². The van der Waals surface area contributed by atoms with Crippen LogP contribution in [0.5, 0.6) is 0 Å². The zero-order chi connectivity index (χ0) is 23.3. The molecule has 0 aliphatic carbocycles. The molecule has 2 saturated heterocycles. The number of hydrogen-bond donors (Lipinski definition) is 0. The summed E-state index contributed by atoms with van der Waals surface area (Å²) in [5.41, 5.74) is 0. The first-order valence-electron chi connectivity index (χ1n) is 15.6. The first-order valence-corrected chi connectivity index (χ1v) is 15.6. The smallest absolute Gasteiger partial charge is 0.00124 e. The van der Waals surface area contributed by atoms with Crippen LogP contribution in [0.1, 0.15) is 116 Å². The number of nitrogens with zero attached hydrogens (tertiary/aromatic N) is 2. The van der Waals surface area contributed by atoms with Gasteiger partial charge in [-0.1, -0.05) is 50.0 Å². The van der Waals surface area contributed by atoms with E-state index in [0.717, 1.165) is 23.7 Å². The van der Waals surface area contributed by atoms with Gasteiger partial charge in [0, 0.05) is 13.1 Å². The standard InChI is InChI=1S/C32H56N2/c1-2-5-9-13-17-23-33-25-21-32-30(28-33)20-16-12-8-4-6-10-14-18-24-34-26-22-31(32)29(27-34)19-15-11-7-3-1/h2,4-6,29-32H,1,3,7-28H2. The van der Waals surface area contributed by atoms with Crippen molar-refractivity contribution in [3.05, 3.63) is 24.3 Å². The molecule has 6 atom stereocenters. The van der Waals surface area contributed by atoms with Gasteiger partial charge in [0.1, 0.15) is 0 Å².